The van der Waals surface area contributed by atoms with E-state index in [1.54, 1.807) is 0 Å². The molecule has 5 heteroatoms. The average molecular weight is 484 g/mol. The first-order chi connectivity index (χ1) is 16.4. The van der Waals surface area contributed by atoms with Crippen molar-refractivity contribution in [3.8, 4) is 0 Å². The monoisotopic (exact) mass is 483 g/mol. The van der Waals surface area contributed by atoms with Gasteiger partial charge in [-0.05, 0) is 18.3 Å². The quantitative estimate of drug-likeness (QED) is 0.117. The number of carbonyl (C=O) groups is 2. The summed E-state index contributed by atoms with van der Waals surface area (Å²) in [5.41, 5.74) is 0. The molecule has 0 heterocycles. The van der Waals surface area contributed by atoms with E-state index in [0.29, 0.717) is 13.2 Å². The fraction of sp³-hybridized carbons (Fsp3) is 0.931. The van der Waals surface area contributed by atoms with Crippen molar-refractivity contribution in [3.63, 3.8) is 0 Å². The zero-order valence-electron chi connectivity index (χ0n) is 23.3. The van der Waals surface area contributed by atoms with Crippen LogP contribution in [0.4, 0.5) is 4.79 Å². The van der Waals surface area contributed by atoms with Crippen LogP contribution in [0, 0.1) is 11.8 Å². The van der Waals surface area contributed by atoms with Gasteiger partial charge in [-0.2, -0.15) is 0 Å². The second-order valence-electron chi connectivity index (χ2n) is 10.5. The first-order valence-corrected chi connectivity index (χ1v) is 14.5. The summed E-state index contributed by atoms with van der Waals surface area (Å²) < 4.78 is 10.6. The van der Waals surface area contributed by atoms with Gasteiger partial charge in [0.1, 0.15) is 6.04 Å². The van der Waals surface area contributed by atoms with E-state index in [-0.39, 0.29) is 17.8 Å². The van der Waals surface area contributed by atoms with Gasteiger partial charge in [0.2, 0.25) is 0 Å². The Balaban J connectivity index is 3.68. The molecule has 2 atom stereocenters. The van der Waals surface area contributed by atoms with Crippen LogP contribution in [0.25, 0.3) is 0 Å². The smallest absolute Gasteiger partial charge is 0.407 e. The highest BCUT2D eigenvalue weighted by molar-refractivity contribution is 5.81. The maximum atomic E-state index is 12.5. The molecule has 34 heavy (non-hydrogen) atoms. The van der Waals surface area contributed by atoms with E-state index in [9.17, 15) is 9.59 Å². The predicted molar refractivity (Wildman–Crippen MR) is 143 cm³/mol. The first-order valence-electron chi connectivity index (χ1n) is 14.5. The molecular weight excluding hydrogens is 426 g/mol. The Bertz CT molecular complexity index is 481. The number of carbonyl (C=O) groups excluding carboxylic acids is 2. The van der Waals surface area contributed by atoms with Gasteiger partial charge in [0.05, 0.1) is 13.2 Å². The van der Waals surface area contributed by atoms with E-state index in [0.717, 1.165) is 19.3 Å². The second-order valence-corrected chi connectivity index (χ2v) is 10.5. The SMILES string of the molecule is CCCCCCCCCCCCCCCCCCOC(=O)[C@@H](NC(=O)OCC(C)C)C(C)CC. The highest BCUT2D eigenvalue weighted by Gasteiger charge is 2.28. The van der Waals surface area contributed by atoms with Crippen LogP contribution in [0.15, 0.2) is 0 Å². The van der Waals surface area contributed by atoms with Crippen LogP contribution in [0.5, 0.6) is 0 Å². The largest absolute Gasteiger partial charge is 0.464 e. The van der Waals surface area contributed by atoms with Gasteiger partial charge in [0, 0.05) is 0 Å². The van der Waals surface area contributed by atoms with Gasteiger partial charge in [0.25, 0.3) is 0 Å². The lowest BCUT2D eigenvalue weighted by molar-refractivity contribution is -0.147. The van der Waals surface area contributed by atoms with Crippen LogP contribution in [0.2, 0.25) is 0 Å². The summed E-state index contributed by atoms with van der Waals surface area (Å²) in [5, 5.41) is 2.69. The average Bonchev–Trinajstić information content (AvgIpc) is 2.82. The van der Waals surface area contributed by atoms with Crippen LogP contribution in [0.3, 0.4) is 0 Å². The maximum absolute atomic E-state index is 12.5. The van der Waals surface area contributed by atoms with E-state index in [1.165, 1.54) is 89.9 Å². The number of amides is 1. The third kappa shape index (κ3) is 20.1. The molecule has 202 valence electrons. The molecule has 0 saturated heterocycles. The summed E-state index contributed by atoms with van der Waals surface area (Å²) in [4.78, 5) is 24.5. The van der Waals surface area contributed by atoms with Gasteiger partial charge in [-0.15, -0.1) is 0 Å². The summed E-state index contributed by atoms with van der Waals surface area (Å²) in [6, 6.07) is -0.647. The Morgan fingerprint density at radius 2 is 1.09 bits per heavy atom. The first kappa shape index (κ1) is 32.7. The maximum Gasteiger partial charge on any atom is 0.407 e. The Hall–Kier alpha value is -1.26. The molecule has 0 spiro atoms. The number of rotatable bonds is 23. The number of esters is 1. The molecule has 0 aliphatic heterocycles. The van der Waals surface area contributed by atoms with E-state index >= 15 is 0 Å². The number of ether oxygens (including phenoxy) is 2. The molecule has 1 unspecified atom stereocenters. The number of hydrogen-bond donors (Lipinski definition) is 1. The van der Waals surface area contributed by atoms with Crippen molar-refractivity contribution in [2.75, 3.05) is 13.2 Å². The molecule has 0 aromatic heterocycles. The molecule has 0 aromatic rings. The molecular formula is C29H57NO4. The molecule has 1 N–H and O–H groups in total. The Kier molecular flexibility index (Phi) is 22.6. The second kappa shape index (κ2) is 23.5. The van der Waals surface area contributed by atoms with E-state index in [1.807, 2.05) is 27.7 Å². The van der Waals surface area contributed by atoms with E-state index in [2.05, 4.69) is 12.2 Å². The van der Waals surface area contributed by atoms with E-state index < -0.39 is 12.1 Å². The van der Waals surface area contributed by atoms with Gasteiger partial charge in [0.15, 0.2) is 0 Å². The lowest BCUT2D eigenvalue weighted by atomic mass is 9.99. The molecule has 0 fully saturated rings. The fourth-order valence-electron chi connectivity index (χ4n) is 3.99. The van der Waals surface area contributed by atoms with Gasteiger partial charge in [-0.3, -0.25) is 0 Å². The van der Waals surface area contributed by atoms with Crippen LogP contribution in [-0.4, -0.2) is 31.3 Å². The van der Waals surface area contributed by atoms with Crippen molar-refractivity contribution < 1.29 is 19.1 Å². The highest BCUT2D eigenvalue weighted by Crippen LogP contribution is 2.14. The zero-order chi connectivity index (χ0) is 25.4. The number of hydrogen-bond acceptors (Lipinski definition) is 4. The molecule has 1 amide bonds. The summed E-state index contributed by atoms with van der Waals surface area (Å²) in [5.74, 6) is -0.0867. The zero-order valence-corrected chi connectivity index (χ0v) is 23.3. The van der Waals surface area contributed by atoms with Crippen molar-refractivity contribution in [1.82, 2.24) is 5.32 Å². The molecule has 0 aliphatic carbocycles. The summed E-state index contributed by atoms with van der Waals surface area (Å²) in [7, 11) is 0. The Morgan fingerprint density at radius 1 is 0.647 bits per heavy atom. The topological polar surface area (TPSA) is 64.6 Å². The molecule has 0 bridgehead atoms. The Morgan fingerprint density at radius 3 is 1.50 bits per heavy atom. The van der Waals surface area contributed by atoms with Gasteiger partial charge < -0.3 is 14.8 Å². The Labute approximate surface area is 211 Å². The summed E-state index contributed by atoms with van der Waals surface area (Å²) in [6.45, 7) is 10.9. The lowest BCUT2D eigenvalue weighted by Crippen LogP contribution is -2.46. The van der Waals surface area contributed by atoms with Crippen molar-refractivity contribution in [2.45, 2.75) is 150 Å². The number of alkyl carbamates (subject to hydrolysis) is 1. The van der Waals surface area contributed by atoms with Crippen molar-refractivity contribution in [2.24, 2.45) is 11.8 Å². The van der Waals surface area contributed by atoms with Gasteiger partial charge >= 0.3 is 12.1 Å². The van der Waals surface area contributed by atoms with Crippen molar-refractivity contribution >= 4 is 12.1 Å². The molecule has 0 saturated carbocycles. The molecule has 5 nitrogen and oxygen atoms in total. The van der Waals surface area contributed by atoms with E-state index in [4.69, 9.17) is 9.47 Å². The third-order valence-electron chi connectivity index (χ3n) is 6.53. The minimum Gasteiger partial charge on any atom is -0.464 e. The molecule has 0 rings (SSSR count). The lowest BCUT2D eigenvalue weighted by Gasteiger charge is -2.22. The van der Waals surface area contributed by atoms with Gasteiger partial charge in [-0.25, -0.2) is 9.59 Å². The standard InChI is InChI=1S/C29H57NO4/c1-6-8-9-10-11-12-13-14-15-16-17-18-19-20-21-22-23-33-28(31)27(26(5)7-2)30-29(32)34-24-25(3)4/h25-27H,6-24H2,1-5H3,(H,30,32)/t26?,27-/m0/s1. The number of nitrogens with one attached hydrogen (secondary N) is 1. The van der Waals surface area contributed by atoms with Gasteiger partial charge in [-0.1, -0.05) is 137 Å². The normalized spacial score (nSPS) is 13.0. The third-order valence-corrected chi connectivity index (χ3v) is 6.53. The summed E-state index contributed by atoms with van der Waals surface area (Å²) in [6.07, 6.45) is 21.3. The van der Waals surface area contributed by atoms with Crippen molar-refractivity contribution in [1.29, 1.82) is 0 Å². The molecule has 0 aliphatic rings. The van der Waals surface area contributed by atoms with Crippen LogP contribution in [0.1, 0.15) is 144 Å². The number of unbranched alkanes of at least 4 members (excludes halogenated alkanes) is 15. The van der Waals surface area contributed by atoms with Crippen molar-refractivity contribution in [3.05, 3.63) is 0 Å². The molecule has 0 radical (unpaired) electrons. The highest BCUT2D eigenvalue weighted by atomic mass is 16.6. The van der Waals surface area contributed by atoms with Crippen LogP contribution >= 0.6 is 0 Å². The minimum atomic E-state index is -0.647. The van der Waals surface area contributed by atoms with Crippen LogP contribution in [-0.2, 0) is 14.3 Å². The minimum absolute atomic E-state index is 0.00453. The summed E-state index contributed by atoms with van der Waals surface area (Å²) >= 11 is 0. The van der Waals surface area contributed by atoms with Crippen LogP contribution < -0.4 is 5.32 Å². The fourth-order valence-corrected chi connectivity index (χ4v) is 3.99. The molecule has 0 aromatic carbocycles. The predicted octanol–water partition coefficient (Wildman–Crippen LogP) is 8.59.